The monoisotopic (exact) mass is 559 g/mol. The summed E-state index contributed by atoms with van der Waals surface area (Å²) in [5, 5.41) is 5.56. The molecule has 0 aliphatic heterocycles. The Kier molecular flexibility index (Phi) is 7.86. The summed E-state index contributed by atoms with van der Waals surface area (Å²) in [6, 6.07) is 9.15. The number of halogens is 2. The first-order valence-corrected chi connectivity index (χ1v) is 13.1. The van der Waals surface area contributed by atoms with Crippen molar-refractivity contribution in [2.45, 2.75) is 58.8 Å². The lowest BCUT2D eigenvalue weighted by molar-refractivity contribution is 0.191. The average Bonchev–Trinajstić information content (AvgIpc) is 2.82. The van der Waals surface area contributed by atoms with Gasteiger partial charge in [0.15, 0.2) is 11.5 Å². The lowest BCUT2D eigenvalue weighted by Crippen LogP contribution is -2.25. The molecule has 0 radical (unpaired) electrons. The minimum Gasteiger partial charge on any atom is -0.493 e. The summed E-state index contributed by atoms with van der Waals surface area (Å²) >= 11 is 10.0. The maximum atomic E-state index is 13.5. The van der Waals surface area contributed by atoms with Crippen molar-refractivity contribution in [1.29, 1.82) is 0 Å². The van der Waals surface area contributed by atoms with Crippen molar-refractivity contribution < 1.29 is 9.47 Å². The first-order chi connectivity index (χ1) is 16.7. The molecule has 1 aliphatic rings. The maximum Gasteiger partial charge on any atom is 0.282 e. The van der Waals surface area contributed by atoms with Crippen LogP contribution in [0.5, 0.6) is 11.5 Å². The molecule has 0 amide bonds. The highest BCUT2D eigenvalue weighted by molar-refractivity contribution is 9.10. The van der Waals surface area contributed by atoms with Gasteiger partial charge in [-0.2, -0.15) is 9.78 Å². The van der Waals surface area contributed by atoms with E-state index in [9.17, 15) is 4.79 Å². The summed E-state index contributed by atoms with van der Waals surface area (Å²) in [7, 11) is 1.58. The summed E-state index contributed by atoms with van der Waals surface area (Å²) in [5.41, 5.74) is 1.18. The summed E-state index contributed by atoms with van der Waals surface area (Å²) < 4.78 is 13.8. The second-order valence-electron chi connectivity index (χ2n) is 10.2. The quantitative estimate of drug-likeness (QED) is 0.300. The molecular formula is C27H31BrClN3O3. The van der Waals surface area contributed by atoms with Crippen LogP contribution in [0.4, 0.5) is 0 Å². The molecule has 4 rings (SSSR count). The van der Waals surface area contributed by atoms with Crippen LogP contribution < -0.4 is 15.0 Å². The van der Waals surface area contributed by atoms with Gasteiger partial charge in [-0.25, -0.2) is 4.98 Å². The predicted octanol–water partition coefficient (Wildman–Crippen LogP) is 7.18. The molecule has 1 saturated carbocycles. The molecule has 1 aromatic heterocycles. The number of ether oxygens (including phenoxy) is 2. The highest BCUT2D eigenvalue weighted by atomic mass is 79.9. The first kappa shape index (κ1) is 25.7. The van der Waals surface area contributed by atoms with Crippen LogP contribution in [0.3, 0.4) is 0 Å². The number of rotatable bonds is 6. The Morgan fingerprint density at radius 1 is 1.20 bits per heavy atom. The Bertz CT molecular complexity index is 1310. The van der Waals surface area contributed by atoms with E-state index in [1.807, 2.05) is 18.2 Å². The molecule has 186 valence electrons. The second-order valence-corrected chi connectivity index (χ2v) is 11.5. The number of hydrogen-bond acceptors (Lipinski definition) is 5. The largest absolute Gasteiger partial charge is 0.493 e. The molecule has 0 atom stereocenters. The van der Waals surface area contributed by atoms with Crippen molar-refractivity contribution in [2.24, 2.45) is 10.5 Å². The van der Waals surface area contributed by atoms with Crippen LogP contribution in [0, 0.1) is 5.41 Å². The number of fused-ring (bicyclic) bond motifs is 1. The minimum atomic E-state index is -0.184. The third kappa shape index (κ3) is 6.07. The summed E-state index contributed by atoms with van der Waals surface area (Å²) in [6.07, 6.45) is 7.11. The molecule has 0 N–H and O–H groups in total. The molecule has 0 bridgehead atoms. The van der Waals surface area contributed by atoms with E-state index >= 15 is 0 Å². The van der Waals surface area contributed by atoms with E-state index < -0.39 is 0 Å². The topological polar surface area (TPSA) is 65.7 Å². The zero-order valence-electron chi connectivity index (χ0n) is 20.6. The van der Waals surface area contributed by atoms with E-state index in [0.717, 1.165) is 30.2 Å². The normalized spacial score (nSPS) is 15.1. The summed E-state index contributed by atoms with van der Waals surface area (Å²) in [5.74, 6) is 1.93. The number of hydrogen-bond donors (Lipinski definition) is 0. The zero-order valence-corrected chi connectivity index (χ0v) is 22.9. The fraction of sp³-hybridized carbons (Fsp3) is 0.444. The van der Waals surface area contributed by atoms with Gasteiger partial charge in [-0.05, 0) is 54.2 Å². The van der Waals surface area contributed by atoms with Gasteiger partial charge in [0.2, 0.25) is 0 Å². The van der Waals surface area contributed by atoms with Crippen LogP contribution in [0.2, 0.25) is 5.02 Å². The molecule has 35 heavy (non-hydrogen) atoms. The van der Waals surface area contributed by atoms with Crippen molar-refractivity contribution >= 4 is 44.6 Å². The predicted molar refractivity (Wildman–Crippen MR) is 145 cm³/mol. The molecule has 1 fully saturated rings. The number of methoxy groups -OCH3 is 1. The van der Waals surface area contributed by atoms with Crippen LogP contribution in [-0.4, -0.2) is 29.6 Å². The summed E-state index contributed by atoms with van der Waals surface area (Å²) in [4.78, 5) is 18.4. The van der Waals surface area contributed by atoms with Crippen LogP contribution >= 0.6 is 27.5 Å². The van der Waals surface area contributed by atoms with E-state index in [-0.39, 0.29) is 16.9 Å². The molecule has 0 saturated heterocycles. The number of aromatic nitrogens is 2. The molecular weight excluding hydrogens is 530 g/mol. The Morgan fingerprint density at radius 3 is 2.63 bits per heavy atom. The average molecular weight is 561 g/mol. The maximum absolute atomic E-state index is 13.5. The van der Waals surface area contributed by atoms with Crippen LogP contribution in [0.15, 0.2) is 44.7 Å². The third-order valence-electron chi connectivity index (χ3n) is 6.03. The molecule has 0 unspecified atom stereocenters. The standard InChI is InChI=1S/C27H31BrClN3O3/c1-27(2,3)16-35-24-21(29)12-17(13-23(24)34-4)15-30-32-25(18-8-6-5-7-9-18)31-22-11-10-19(28)14-20(22)26(32)33/h10-15,18H,5-9,16H2,1-4H3. The molecule has 1 aliphatic carbocycles. The van der Waals surface area contributed by atoms with Gasteiger partial charge in [0.1, 0.15) is 5.82 Å². The van der Waals surface area contributed by atoms with E-state index in [1.165, 1.54) is 11.1 Å². The smallest absolute Gasteiger partial charge is 0.282 e. The number of benzene rings is 2. The lowest BCUT2D eigenvalue weighted by atomic mass is 9.88. The van der Waals surface area contributed by atoms with Gasteiger partial charge in [0.25, 0.3) is 5.56 Å². The highest BCUT2D eigenvalue weighted by Gasteiger charge is 2.23. The fourth-order valence-electron chi connectivity index (χ4n) is 4.27. The Hall–Kier alpha value is -2.38. The van der Waals surface area contributed by atoms with Gasteiger partial charge < -0.3 is 9.47 Å². The van der Waals surface area contributed by atoms with E-state index in [4.69, 9.17) is 26.1 Å². The minimum absolute atomic E-state index is 0.0246. The van der Waals surface area contributed by atoms with Crippen molar-refractivity contribution in [1.82, 2.24) is 9.66 Å². The van der Waals surface area contributed by atoms with Crippen LogP contribution in [0.25, 0.3) is 10.9 Å². The fourth-order valence-corrected chi connectivity index (χ4v) is 4.90. The number of nitrogens with zero attached hydrogens (tertiary/aromatic N) is 3. The van der Waals surface area contributed by atoms with E-state index in [2.05, 4.69) is 41.8 Å². The lowest BCUT2D eigenvalue weighted by Gasteiger charge is -2.23. The van der Waals surface area contributed by atoms with Crippen molar-refractivity contribution in [3.8, 4) is 11.5 Å². The highest BCUT2D eigenvalue weighted by Crippen LogP contribution is 2.37. The van der Waals surface area contributed by atoms with Gasteiger partial charge in [-0.3, -0.25) is 4.79 Å². The zero-order chi connectivity index (χ0) is 25.2. The second kappa shape index (κ2) is 10.7. The van der Waals surface area contributed by atoms with Crippen molar-refractivity contribution in [3.63, 3.8) is 0 Å². The third-order valence-corrected chi connectivity index (χ3v) is 6.80. The Balaban J connectivity index is 1.76. The molecule has 6 nitrogen and oxygen atoms in total. The molecule has 8 heteroatoms. The van der Waals surface area contributed by atoms with Gasteiger partial charge in [0.05, 0.1) is 35.9 Å². The van der Waals surface area contributed by atoms with Gasteiger partial charge in [-0.15, -0.1) is 0 Å². The Morgan fingerprint density at radius 2 is 1.94 bits per heavy atom. The van der Waals surface area contributed by atoms with Crippen LogP contribution in [0.1, 0.15) is 70.2 Å². The molecule has 3 aromatic rings. The molecule has 2 aromatic carbocycles. The first-order valence-electron chi connectivity index (χ1n) is 11.9. The van der Waals surface area contributed by atoms with E-state index in [0.29, 0.717) is 45.4 Å². The summed E-state index contributed by atoms with van der Waals surface area (Å²) in [6.45, 7) is 6.76. The van der Waals surface area contributed by atoms with Gasteiger partial charge in [-0.1, -0.05) is 67.6 Å². The van der Waals surface area contributed by atoms with Crippen molar-refractivity contribution in [2.75, 3.05) is 13.7 Å². The molecule has 0 spiro atoms. The van der Waals surface area contributed by atoms with Gasteiger partial charge in [0, 0.05) is 10.4 Å². The SMILES string of the molecule is COc1cc(C=Nn2c(C3CCCCC3)nc3ccc(Br)cc3c2=O)cc(Cl)c1OCC(C)(C)C. The van der Waals surface area contributed by atoms with Crippen molar-refractivity contribution in [3.05, 3.63) is 61.6 Å². The van der Waals surface area contributed by atoms with Gasteiger partial charge >= 0.3 is 0 Å². The van der Waals surface area contributed by atoms with Crippen LogP contribution in [-0.2, 0) is 0 Å². The molecule has 1 heterocycles. The van der Waals surface area contributed by atoms with E-state index in [1.54, 1.807) is 25.5 Å². The Labute approximate surface area is 219 Å².